The molecule has 0 spiro atoms. The van der Waals surface area contributed by atoms with Crippen molar-refractivity contribution in [3.63, 3.8) is 0 Å². The van der Waals surface area contributed by atoms with Crippen LogP contribution in [0.4, 0.5) is 0 Å². The van der Waals surface area contributed by atoms with E-state index in [2.05, 4.69) is 10.2 Å². The SMILES string of the molecule is CCOCCOc1ccccc1C(=O)N(C)[C@@H](C)c1c(C)n[nH]c1C. The molecular formula is C19H27N3O3. The van der Waals surface area contributed by atoms with Gasteiger partial charge < -0.3 is 14.4 Å². The average molecular weight is 345 g/mol. The molecule has 0 saturated carbocycles. The molecule has 0 unspecified atom stereocenters. The number of nitrogens with zero attached hydrogens (tertiary/aromatic N) is 2. The lowest BCUT2D eigenvalue weighted by atomic mass is 10.0. The second-order valence-corrected chi connectivity index (χ2v) is 5.98. The lowest BCUT2D eigenvalue weighted by Gasteiger charge is -2.26. The summed E-state index contributed by atoms with van der Waals surface area (Å²) in [7, 11) is 1.80. The molecule has 136 valence electrons. The molecule has 1 aromatic carbocycles. The number of amides is 1. The van der Waals surface area contributed by atoms with Crippen LogP contribution in [0.3, 0.4) is 0 Å². The molecule has 0 radical (unpaired) electrons. The molecule has 0 saturated heterocycles. The van der Waals surface area contributed by atoms with Crippen molar-refractivity contribution < 1.29 is 14.3 Å². The number of rotatable bonds is 8. The van der Waals surface area contributed by atoms with E-state index >= 15 is 0 Å². The number of benzene rings is 1. The Morgan fingerprint density at radius 3 is 2.64 bits per heavy atom. The van der Waals surface area contributed by atoms with Crippen LogP contribution in [0, 0.1) is 13.8 Å². The van der Waals surface area contributed by atoms with Crippen molar-refractivity contribution in [1.29, 1.82) is 0 Å². The molecule has 0 aliphatic heterocycles. The van der Waals surface area contributed by atoms with Gasteiger partial charge in [0.25, 0.3) is 5.91 Å². The number of aromatic nitrogens is 2. The molecule has 1 amide bonds. The highest BCUT2D eigenvalue weighted by molar-refractivity contribution is 5.97. The van der Waals surface area contributed by atoms with Gasteiger partial charge in [-0.05, 0) is 39.8 Å². The van der Waals surface area contributed by atoms with E-state index in [4.69, 9.17) is 9.47 Å². The Hall–Kier alpha value is -2.34. The molecule has 0 aliphatic carbocycles. The molecule has 2 aromatic rings. The van der Waals surface area contributed by atoms with Crippen LogP contribution in [0.5, 0.6) is 5.75 Å². The Morgan fingerprint density at radius 1 is 1.28 bits per heavy atom. The van der Waals surface area contributed by atoms with Gasteiger partial charge in [0, 0.05) is 24.9 Å². The maximum atomic E-state index is 13.0. The van der Waals surface area contributed by atoms with Crippen molar-refractivity contribution in [2.75, 3.05) is 26.9 Å². The van der Waals surface area contributed by atoms with Gasteiger partial charge in [-0.2, -0.15) is 5.10 Å². The zero-order chi connectivity index (χ0) is 18.4. The number of H-pyrrole nitrogens is 1. The van der Waals surface area contributed by atoms with E-state index in [0.717, 1.165) is 17.0 Å². The Balaban J connectivity index is 2.16. The average Bonchev–Trinajstić information content (AvgIpc) is 2.95. The molecule has 1 aromatic heterocycles. The zero-order valence-electron chi connectivity index (χ0n) is 15.6. The van der Waals surface area contributed by atoms with Crippen molar-refractivity contribution in [3.05, 3.63) is 46.8 Å². The third kappa shape index (κ3) is 4.39. The molecule has 0 fully saturated rings. The summed E-state index contributed by atoms with van der Waals surface area (Å²) < 4.78 is 11.0. The fraction of sp³-hybridized carbons (Fsp3) is 0.474. The second kappa shape index (κ2) is 8.67. The van der Waals surface area contributed by atoms with Crippen LogP contribution in [0.1, 0.15) is 47.2 Å². The van der Waals surface area contributed by atoms with Gasteiger partial charge in [-0.3, -0.25) is 9.89 Å². The van der Waals surface area contributed by atoms with Crippen LogP contribution in [0.15, 0.2) is 24.3 Å². The molecule has 0 aliphatic rings. The number of aromatic amines is 1. The number of carbonyl (C=O) groups excluding carboxylic acids is 1. The summed E-state index contributed by atoms with van der Waals surface area (Å²) in [6, 6.07) is 7.21. The van der Waals surface area contributed by atoms with Gasteiger partial charge in [0.2, 0.25) is 0 Å². The number of hydrogen-bond acceptors (Lipinski definition) is 4. The van der Waals surface area contributed by atoms with Crippen LogP contribution in [-0.4, -0.2) is 47.9 Å². The highest BCUT2D eigenvalue weighted by Gasteiger charge is 2.25. The molecule has 1 heterocycles. The Labute approximate surface area is 149 Å². The van der Waals surface area contributed by atoms with Crippen molar-refractivity contribution in [3.8, 4) is 5.75 Å². The molecular weight excluding hydrogens is 318 g/mol. The number of aryl methyl sites for hydroxylation is 2. The Bertz CT molecular complexity index is 692. The van der Waals surface area contributed by atoms with E-state index in [9.17, 15) is 4.79 Å². The van der Waals surface area contributed by atoms with Crippen molar-refractivity contribution in [1.82, 2.24) is 15.1 Å². The van der Waals surface area contributed by atoms with Gasteiger partial charge in [0.15, 0.2) is 0 Å². The predicted octanol–water partition coefficient (Wildman–Crippen LogP) is 3.28. The number of hydrogen-bond donors (Lipinski definition) is 1. The standard InChI is InChI=1S/C19H27N3O3/c1-6-24-11-12-25-17-10-8-7-9-16(17)19(23)22(5)15(4)18-13(2)20-21-14(18)3/h7-10,15H,6,11-12H2,1-5H3,(H,20,21)/t15-/m0/s1. The lowest BCUT2D eigenvalue weighted by molar-refractivity contribution is 0.0732. The molecule has 2 rings (SSSR count). The molecule has 1 atom stereocenters. The fourth-order valence-electron chi connectivity index (χ4n) is 2.86. The third-order valence-corrected chi connectivity index (χ3v) is 4.31. The van der Waals surface area contributed by atoms with Gasteiger partial charge in [-0.15, -0.1) is 0 Å². The van der Waals surface area contributed by atoms with Crippen LogP contribution in [-0.2, 0) is 4.74 Å². The van der Waals surface area contributed by atoms with Crippen molar-refractivity contribution in [2.24, 2.45) is 0 Å². The normalized spacial score (nSPS) is 12.0. The molecule has 6 heteroatoms. The first kappa shape index (κ1) is 19.0. The Kier molecular flexibility index (Phi) is 6.58. The summed E-state index contributed by atoms with van der Waals surface area (Å²) >= 11 is 0. The topological polar surface area (TPSA) is 67.5 Å². The number of para-hydroxylation sites is 1. The van der Waals surface area contributed by atoms with Gasteiger partial charge in [0.05, 0.1) is 23.9 Å². The van der Waals surface area contributed by atoms with E-state index in [1.807, 2.05) is 45.9 Å². The number of ether oxygens (including phenoxy) is 2. The van der Waals surface area contributed by atoms with Crippen LogP contribution >= 0.6 is 0 Å². The van der Waals surface area contributed by atoms with Crippen LogP contribution in [0.2, 0.25) is 0 Å². The monoisotopic (exact) mass is 345 g/mol. The fourth-order valence-corrected chi connectivity index (χ4v) is 2.86. The summed E-state index contributed by atoms with van der Waals surface area (Å²) in [5.74, 6) is 0.492. The summed E-state index contributed by atoms with van der Waals surface area (Å²) in [5, 5.41) is 7.20. The first-order valence-electron chi connectivity index (χ1n) is 8.55. The van der Waals surface area contributed by atoms with E-state index < -0.39 is 0 Å². The quantitative estimate of drug-likeness (QED) is 0.746. The first-order chi connectivity index (χ1) is 12.0. The highest BCUT2D eigenvalue weighted by Crippen LogP contribution is 2.27. The smallest absolute Gasteiger partial charge is 0.257 e. The minimum atomic E-state index is -0.0947. The maximum absolute atomic E-state index is 13.0. The minimum Gasteiger partial charge on any atom is -0.490 e. The van der Waals surface area contributed by atoms with Gasteiger partial charge in [0.1, 0.15) is 12.4 Å². The van der Waals surface area contributed by atoms with Crippen molar-refractivity contribution >= 4 is 5.91 Å². The van der Waals surface area contributed by atoms with E-state index in [-0.39, 0.29) is 11.9 Å². The van der Waals surface area contributed by atoms with E-state index in [1.165, 1.54) is 0 Å². The Morgan fingerprint density at radius 2 is 2.00 bits per heavy atom. The van der Waals surface area contributed by atoms with E-state index in [1.54, 1.807) is 18.0 Å². The summed E-state index contributed by atoms with van der Waals surface area (Å²) in [6.07, 6.45) is 0. The maximum Gasteiger partial charge on any atom is 0.257 e. The van der Waals surface area contributed by atoms with Crippen LogP contribution in [0.25, 0.3) is 0 Å². The predicted molar refractivity (Wildman–Crippen MR) is 97.0 cm³/mol. The first-order valence-corrected chi connectivity index (χ1v) is 8.55. The molecule has 1 N–H and O–H groups in total. The van der Waals surface area contributed by atoms with Gasteiger partial charge in [-0.25, -0.2) is 0 Å². The highest BCUT2D eigenvalue weighted by atomic mass is 16.5. The number of nitrogens with one attached hydrogen (secondary N) is 1. The largest absolute Gasteiger partial charge is 0.490 e. The molecule has 0 bridgehead atoms. The summed E-state index contributed by atoms with van der Waals surface area (Å²) in [6.45, 7) is 9.41. The lowest BCUT2D eigenvalue weighted by Crippen LogP contribution is -2.30. The molecule has 6 nitrogen and oxygen atoms in total. The third-order valence-electron chi connectivity index (χ3n) is 4.31. The number of carbonyl (C=O) groups is 1. The van der Waals surface area contributed by atoms with Gasteiger partial charge in [-0.1, -0.05) is 12.1 Å². The summed E-state index contributed by atoms with van der Waals surface area (Å²) in [5.41, 5.74) is 3.48. The summed E-state index contributed by atoms with van der Waals surface area (Å²) in [4.78, 5) is 14.7. The van der Waals surface area contributed by atoms with Crippen LogP contribution < -0.4 is 4.74 Å². The van der Waals surface area contributed by atoms with Gasteiger partial charge >= 0.3 is 0 Å². The van der Waals surface area contributed by atoms with Crippen molar-refractivity contribution in [2.45, 2.75) is 33.7 Å². The zero-order valence-corrected chi connectivity index (χ0v) is 15.6. The minimum absolute atomic E-state index is 0.0838. The molecule has 25 heavy (non-hydrogen) atoms. The second-order valence-electron chi connectivity index (χ2n) is 5.98. The van der Waals surface area contributed by atoms with E-state index in [0.29, 0.717) is 31.1 Å².